The van der Waals surface area contributed by atoms with Gasteiger partial charge in [-0.05, 0) is 32.4 Å². The highest BCUT2D eigenvalue weighted by Crippen LogP contribution is 2.18. The summed E-state index contributed by atoms with van der Waals surface area (Å²) >= 11 is 0. The first-order valence-corrected chi connectivity index (χ1v) is 6.79. The lowest BCUT2D eigenvalue weighted by molar-refractivity contribution is 0.137. The molecule has 0 bridgehead atoms. The van der Waals surface area contributed by atoms with Crippen molar-refractivity contribution in [3.8, 4) is 0 Å². The topological polar surface area (TPSA) is 15.3 Å². The summed E-state index contributed by atoms with van der Waals surface area (Å²) in [6.45, 7) is 10.6. The fourth-order valence-corrected chi connectivity index (χ4v) is 2.78. The lowest BCUT2D eigenvalue weighted by Gasteiger charge is -2.35. The van der Waals surface area contributed by atoms with Crippen molar-refractivity contribution >= 4 is 0 Å². The molecule has 0 radical (unpaired) electrons. The van der Waals surface area contributed by atoms with E-state index in [2.05, 4.69) is 31.0 Å². The molecule has 1 saturated heterocycles. The van der Waals surface area contributed by atoms with Gasteiger partial charge in [0.05, 0.1) is 0 Å². The molecule has 15 heavy (non-hydrogen) atoms. The molecule has 1 aliphatic rings. The number of nitrogens with zero attached hydrogens (tertiary/aromatic N) is 1. The molecule has 0 amide bonds. The summed E-state index contributed by atoms with van der Waals surface area (Å²) in [6, 6.07) is 1.62. The molecule has 1 rings (SSSR count). The van der Waals surface area contributed by atoms with Crippen molar-refractivity contribution in [2.75, 3.05) is 19.6 Å². The molecule has 0 aliphatic carbocycles. The summed E-state index contributed by atoms with van der Waals surface area (Å²) in [6.07, 6.45) is 6.75. The van der Waals surface area contributed by atoms with Crippen LogP contribution in [0.15, 0.2) is 0 Å². The summed E-state index contributed by atoms with van der Waals surface area (Å²) in [7, 11) is 0. The largest absolute Gasteiger partial charge is 0.315 e. The van der Waals surface area contributed by atoms with E-state index in [1.165, 1.54) is 51.7 Å². The van der Waals surface area contributed by atoms with E-state index in [9.17, 15) is 0 Å². The molecule has 1 N–H and O–H groups in total. The second-order valence-corrected chi connectivity index (χ2v) is 4.68. The van der Waals surface area contributed by atoms with Crippen LogP contribution in [0.5, 0.6) is 0 Å². The Balaban J connectivity index is 2.44. The van der Waals surface area contributed by atoms with Crippen molar-refractivity contribution in [1.29, 1.82) is 0 Å². The van der Waals surface area contributed by atoms with Crippen LogP contribution in [0.4, 0.5) is 0 Å². The van der Waals surface area contributed by atoms with E-state index in [0.29, 0.717) is 0 Å². The van der Waals surface area contributed by atoms with E-state index in [1.807, 2.05) is 0 Å². The Labute approximate surface area is 95.4 Å². The molecule has 0 aromatic heterocycles. The molecular weight excluding hydrogens is 184 g/mol. The minimum absolute atomic E-state index is 0.803. The predicted molar refractivity (Wildman–Crippen MR) is 67.3 cm³/mol. The first-order valence-electron chi connectivity index (χ1n) is 6.79. The van der Waals surface area contributed by atoms with Crippen LogP contribution in [-0.2, 0) is 0 Å². The first kappa shape index (κ1) is 13.0. The van der Waals surface area contributed by atoms with Gasteiger partial charge in [0, 0.05) is 18.6 Å². The van der Waals surface area contributed by atoms with Gasteiger partial charge in [-0.2, -0.15) is 0 Å². The van der Waals surface area contributed by atoms with Gasteiger partial charge in [-0.25, -0.2) is 0 Å². The molecular formula is C13H28N2. The summed E-state index contributed by atoms with van der Waals surface area (Å²) in [4.78, 5) is 2.73. The summed E-state index contributed by atoms with van der Waals surface area (Å²) in [5, 5.41) is 3.48. The van der Waals surface area contributed by atoms with Gasteiger partial charge in [0.1, 0.15) is 0 Å². The zero-order valence-corrected chi connectivity index (χ0v) is 10.8. The Morgan fingerprint density at radius 3 is 2.60 bits per heavy atom. The smallest absolute Gasteiger partial charge is 0.0235 e. The minimum Gasteiger partial charge on any atom is -0.315 e. The van der Waals surface area contributed by atoms with Gasteiger partial charge < -0.3 is 5.32 Å². The van der Waals surface area contributed by atoms with Crippen LogP contribution in [0.1, 0.15) is 52.9 Å². The normalized spacial score (nSPS) is 23.6. The summed E-state index contributed by atoms with van der Waals surface area (Å²) in [5.41, 5.74) is 0. The van der Waals surface area contributed by atoms with Crippen molar-refractivity contribution in [2.45, 2.75) is 65.0 Å². The Bertz CT molecular complexity index is 153. The molecule has 1 aliphatic heterocycles. The third-order valence-corrected chi connectivity index (χ3v) is 3.70. The fraction of sp³-hybridized carbons (Fsp3) is 1.00. The second kappa shape index (κ2) is 7.24. The lowest BCUT2D eigenvalue weighted by atomic mass is 10.0. The van der Waals surface area contributed by atoms with Gasteiger partial charge in [-0.15, -0.1) is 0 Å². The number of nitrogens with one attached hydrogen (secondary N) is 1. The van der Waals surface area contributed by atoms with Crippen LogP contribution in [0.3, 0.4) is 0 Å². The molecule has 1 fully saturated rings. The Morgan fingerprint density at radius 2 is 2.13 bits per heavy atom. The third-order valence-electron chi connectivity index (χ3n) is 3.70. The van der Waals surface area contributed by atoms with Crippen molar-refractivity contribution in [1.82, 2.24) is 10.2 Å². The Kier molecular flexibility index (Phi) is 6.26. The van der Waals surface area contributed by atoms with Crippen LogP contribution >= 0.6 is 0 Å². The van der Waals surface area contributed by atoms with E-state index < -0.39 is 0 Å². The van der Waals surface area contributed by atoms with Crippen molar-refractivity contribution in [3.63, 3.8) is 0 Å². The third kappa shape index (κ3) is 3.76. The highest BCUT2D eigenvalue weighted by atomic mass is 15.2. The number of rotatable bonds is 7. The standard InChI is InChI=1S/C13H28N2/c1-4-7-8-12(5-2)15(6-3)13-9-10-14-11-13/h12-14H,4-11H2,1-3H3. The first-order chi connectivity index (χ1) is 7.33. The van der Waals surface area contributed by atoms with Gasteiger partial charge in [0.2, 0.25) is 0 Å². The van der Waals surface area contributed by atoms with Gasteiger partial charge in [-0.3, -0.25) is 4.90 Å². The average Bonchev–Trinajstić information content (AvgIpc) is 2.77. The molecule has 90 valence electrons. The SMILES string of the molecule is CCCCC(CC)N(CC)C1CCNC1. The number of unbranched alkanes of at least 4 members (excludes halogenated alkanes) is 1. The van der Waals surface area contributed by atoms with Crippen LogP contribution in [0.25, 0.3) is 0 Å². The number of likely N-dealkylation sites (N-methyl/N-ethyl adjacent to an activating group) is 1. The maximum Gasteiger partial charge on any atom is 0.0235 e. The maximum atomic E-state index is 3.48. The lowest BCUT2D eigenvalue weighted by Crippen LogP contribution is -2.44. The molecule has 2 nitrogen and oxygen atoms in total. The summed E-state index contributed by atoms with van der Waals surface area (Å²) in [5.74, 6) is 0. The monoisotopic (exact) mass is 212 g/mol. The van der Waals surface area contributed by atoms with Gasteiger partial charge in [0.25, 0.3) is 0 Å². The van der Waals surface area contributed by atoms with Gasteiger partial charge >= 0.3 is 0 Å². The molecule has 0 spiro atoms. The molecule has 1 heterocycles. The van der Waals surface area contributed by atoms with Crippen LogP contribution in [-0.4, -0.2) is 36.6 Å². The predicted octanol–water partition coefficient (Wildman–Crippen LogP) is 2.64. The van der Waals surface area contributed by atoms with E-state index in [4.69, 9.17) is 0 Å². The Morgan fingerprint density at radius 1 is 1.33 bits per heavy atom. The van der Waals surface area contributed by atoms with E-state index in [0.717, 1.165) is 12.1 Å². The highest BCUT2D eigenvalue weighted by molar-refractivity contribution is 4.84. The molecule has 0 saturated carbocycles. The molecule has 2 atom stereocenters. The summed E-state index contributed by atoms with van der Waals surface area (Å²) < 4.78 is 0. The average molecular weight is 212 g/mol. The van der Waals surface area contributed by atoms with E-state index in [1.54, 1.807) is 0 Å². The zero-order chi connectivity index (χ0) is 11.1. The molecule has 2 unspecified atom stereocenters. The van der Waals surface area contributed by atoms with Crippen molar-refractivity contribution < 1.29 is 0 Å². The van der Waals surface area contributed by atoms with Crippen LogP contribution in [0.2, 0.25) is 0 Å². The molecule has 0 aromatic carbocycles. The fourth-order valence-electron chi connectivity index (χ4n) is 2.78. The van der Waals surface area contributed by atoms with E-state index in [-0.39, 0.29) is 0 Å². The Hall–Kier alpha value is -0.0800. The number of hydrogen-bond acceptors (Lipinski definition) is 2. The zero-order valence-electron chi connectivity index (χ0n) is 10.8. The second-order valence-electron chi connectivity index (χ2n) is 4.68. The minimum atomic E-state index is 0.803. The number of hydrogen-bond donors (Lipinski definition) is 1. The molecule has 2 heteroatoms. The van der Waals surface area contributed by atoms with E-state index >= 15 is 0 Å². The van der Waals surface area contributed by atoms with Gasteiger partial charge in [-0.1, -0.05) is 33.6 Å². The molecule has 0 aromatic rings. The maximum absolute atomic E-state index is 3.48. The van der Waals surface area contributed by atoms with Crippen LogP contribution in [0, 0.1) is 0 Å². The quantitative estimate of drug-likeness (QED) is 0.698. The van der Waals surface area contributed by atoms with Crippen molar-refractivity contribution in [3.05, 3.63) is 0 Å². The van der Waals surface area contributed by atoms with Crippen LogP contribution < -0.4 is 5.32 Å². The van der Waals surface area contributed by atoms with Crippen molar-refractivity contribution in [2.24, 2.45) is 0 Å². The van der Waals surface area contributed by atoms with Gasteiger partial charge in [0.15, 0.2) is 0 Å². The highest BCUT2D eigenvalue weighted by Gasteiger charge is 2.25.